The smallest absolute Gasteiger partial charge is 0.339 e. The topological polar surface area (TPSA) is 88.3 Å². The van der Waals surface area contributed by atoms with Gasteiger partial charge in [0, 0.05) is 27.1 Å². The number of H-pyrrole nitrogens is 1. The summed E-state index contributed by atoms with van der Waals surface area (Å²) in [6.45, 7) is -0.448. The molecular weight excluding hydrogens is 388 g/mol. The summed E-state index contributed by atoms with van der Waals surface area (Å²) in [5.74, 6) is -1.20. The highest BCUT2D eigenvalue weighted by molar-refractivity contribution is 9.10. The molecule has 0 spiro atoms. The fourth-order valence-electron chi connectivity index (χ4n) is 2.31. The Labute approximate surface area is 151 Å². The summed E-state index contributed by atoms with van der Waals surface area (Å²) < 4.78 is 5.92. The van der Waals surface area contributed by atoms with E-state index in [1.165, 1.54) is 0 Å². The van der Waals surface area contributed by atoms with Crippen molar-refractivity contribution in [3.63, 3.8) is 0 Å². The molecule has 2 N–H and O–H groups in total. The first-order chi connectivity index (χ1) is 12.0. The lowest BCUT2D eigenvalue weighted by Gasteiger charge is -2.08. The number of ether oxygens (including phenoxy) is 1. The highest BCUT2D eigenvalue weighted by atomic mass is 79.9. The molecule has 0 atom stereocenters. The number of carbonyl (C=O) groups is 2. The van der Waals surface area contributed by atoms with Gasteiger partial charge in [0.05, 0.1) is 5.56 Å². The van der Waals surface area contributed by atoms with Crippen molar-refractivity contribution in [2.75, 3.05) is 11.9 Å². The van der Waals surface area contributed by atoms with Crippen LogP contribution in [0.5, 0.6) is 0 Å². The van der Waals surface area contributed by atoms with Crippen LogP contribution in [0.2, 0.25) is 0 Å². The van der Waals surface area contributed by atoms with Gasteiger partial charge in [-0.1, -0.05) is 34.1 Å². The first-order valence-corrected chi connectivity index (χ1v) is 8.17. The summed E-state index contributed by atoms with van der Waals surface area (Å²) >= 11 is 3.30. The number of fused-ring (bicyclic) bond motifs is 1. The van der Waals surface area contributed by atoms with Crippen LogP contribution in [0.1, 0.15) is 10.4 Å². The normalized spacial score (nSPS) is 10.4. The van der Waals surface area contributed by atoms with Gasteiger partial charge in [-0.3, -0.25) is 9.59 Å². The molecule has 0 saturated heterocycles. The van der Waals surface area contributed by atoms with Crippen LogP contribution in [-0.4, -0.2) is 23.5 Å². The predicted molar refractivity (Wildman–Crippen MR) is 97.6 cm³/mol. The summed E-state index contributed by atoms with van der Waals surface area (Å²) in [6.07, 6.45) is 0. The van der Waals surface area contributed by atoms with E-state index in [0.717, 1.165) is 10.5 Å². The number of hydrogen-bond donors (Lipinski definition) is 2. The lowest BCUT2D eigenvalue weighted by Crippen LogP contribution is -2.21. The zero-order valence-electron chi connectivity index (χ0n) is 12.9. The van der Waals surface area contributed by atoms with Gasteiger partial charge < -0.3 is 15.0 Å². The summed E-state index contributed by atoms with van der Waals surface area (Å²) in [5.41, 5.74) is 0.827. The van der Waals surface area contributed by atoms with Crippen molar-refractivity contribution in [3.05, 3.63) is 75.0 Å². The number of para-hydroxylation sites is 1. The number of rotatable bonds is 4. The van der Waals surface area contributed by atoms with Crippen LogP contribution >= 0.6 is 15.9 Å². The summed E-state index contributed by atoms with van der Waals surface area (Å²) in [5, 5.41) is 3.18. The number of esters is 1. The standard InChI is InChI=1S/C18H13BrN2O4/c19-11-5-7-12(8-6-11)20-17(23)10-25-18(24)14-9-16(22)21-15-4-2-1-3-13(14)15/h1-9H,10H2,(H,20,23)(H,21,22). The minimum Gasteiger partial charge on any atom is -0.452 e. The minimum atomic E-state index is -0.728. The van der Waals surface area contributed by atoms with Gasteiger partial charge in [0.15, 0.2) is 6.61 Å². The molecular formula is C18H13BrN2O4. The van der Waals surface area contributed by atoms with Crippen LogP contribution in [-0.2, 0) is 9.53 Å². The second-order valence-electron chi connectivity index (χ2n) is 5.22. The average molecular weight is 401 g/mol. The van der Waals surface area contributed by atoms with E-state index in [1.807, 2.05) is 0 Å². The number of pyridine rings is 1. The third kappa shape index (κ3) is 4.13. The first-order valence-electron chi connectivity index (χ1n) is 7.37. The van der Waals surface area contributed by atoms with Crippen LogP contribution in [0, 0.1) is 0 Å². The molecule has 0 aliphatic heterocycles. The molecule has 7 heteroatoms. The average Bonchev–Trinajstić information content (AvgIpc) is 2.61. The summed E-state index contributed by atoms with van der Waals surface area (Å²) in [4.78, 5) is 38.5. The Morgan fingerprint density at radius 2 is 1.80 bits per heavy atom. The van der Waals surface area contributed by atoms with Crippen LogP contribution < -0.4 is 10.9 Å². The van der Waals surface area contributed by atoms with Gasteiger partial charge in [-0.2, -0.15) is 0 Å². The van der Waals surface area contributed by atoms with Crippen molar-refractivity contribution in [3.8, 4) is 0 Å². The van der Waals surface area contributed by atoms with Crippen molar-refractivity contribution >= 4 is 44.4 Å². The largest absolute Gasteiger partial charge is 0.452 e. The van der Waals surface area contributed by atoms with E-state index in [0.29, 0.717) is 16.6 Å². The Hall–Kier alpha value is -2.93. The van der Waals surface area contributed by atoms with E-state index >= 15 is 0 Å². The van der Waals surface area contributed by atoms with Gasteiger partial charge in [-0.25, -0.2) is 4.79 Å². The minimum absolute atomic E-state index is 0.121. The maximum Gasteiger partial charge on any atom is 0.339 e. The zero-order chi connectivity index (χ0) is 17.8. The number of aromatic nitrogens is 1. The highest BCUT2D eigenvalue weighted by Gasteiger charge is 2.14. The molecule has 0 radical (unpaired) electrons. The van der Waals surface area contributed by atoms with Crippen LogP contribution in [0.15, 0.2) is 63.9 Å². The molecule has 1 aromatic heterocycles. The van der Waals surface area contributed by atoms with Crippen molar-refractivity contribution in [1.29, 1.82) is 0 Å². The number of amides is 1. The number of nitrogens with one attached hydrogen (secondary N) is 2. The molecule has 25 heavy (non-hydrogen) atoms. The number of halogens is 1. The summed E-state index contributed by atoms with van der Waals surface area (Å²) in [7, 11) is 0. The zero-order valence-corrected chi connectivity index (χ0v) is 14.5. The second kappa shape index (κ2) is 7.31. The van der Waals surface area contributed by atoms with E-state index in [4.69, 9.17) is 4.74 Å². The quantitative estimate of drug-likeness (QED) is 0.658. The fourth-order valence-corrected chi connectivity index (χ4v) is 2.58. The number of anilines is 1. The van der Waals surface area contributed by atoms with Crippen molar-refractivity contribution in [1.82, 2.24) is 4.98 Å². The molecule has 0 aliphatic rings. The Morgan fingerprint density at radius 1 is 1.08 bits per heavy atom. The Balaban J connectivity index is 1.69. The lowest BCUT2D eigenvalue weighted by molar-refractivity contribution is -0.119. The summed E-state index contributed by atoms with van der Waals surface area (Å²) in [6, 6.07) is 15.0. The van der Waals surface area contributed by atoms with Crippen molar-refractivity contribution < 1.29 is 14.3 Å². The Morgan fingerprint density at radius 3 is 2.56 bits per heavy atom. The molecule has 0 unspecified atom stereocenters. The van der Waals surface area contributed by atoms with Crippen LogP contribution in [0.3, 0.4) is 0 Å². The van der Waals surface area contributed by atoms with E-state index in [-0.39, 0.29) is 5.56 Å². The molecule has 0 fully saturated rings. The van der Waals surface area contributed by atoms with E-state index < -0.39 is 24.0 Å². The number of benzene rings is 2. The highest BCUT2D eigenvalue weighted by Crippen LogP contribution is 2.16. The second-order valence-corrected chi connectivity index (χ2v) is 6.14. The lowest BCUT2D eigenvalue weighted by atomic mass is 10.1. The molecule has 0 bridgehead atoms. The first kappa shape index (κ1) is 16.9. The van der Waals surface area contributed by atoms with E-state index in [1.54, 1.807) is 48.5 Å². The molecule has 126 valence electrons. The predicted octanol–water partition coefficient (Wildman–Crippen LogP) is 3.09. The molecule has 1 amide bonds. The molecule has 2 aromatic carbocycles. The van der Waals surface area contributed by atoms with Gasteiger partial charge in [0.25, 0.3) is 5.91 Å². The molecule has 0 saturated carbocycles. The van der Waals surface area contributed by atoms with Crippen LogP contribution in [0.4, 0.5) is 5.69 Å². The third-order valence-corrected chi connectivity index (χ3v) is 3.96. The Bertz CT molecular complexity index is 996. The van der Waals surface area contributed by atoms with Gasteiger partial charge in [-0.05, 0) is 30.3 Å². The van der Waals surface area contributed by atoms with E-state index in [2.05, 4.69) is 26.2 Å². The SMILES string of the molecule is O=C(COC(=O)c1cc(=O)[nH]c2ccccc12)Nc1ccc(Br)cc1. The van der Waals surface area contributed by atoms with E-state index in [9.17, 15) is 14.4 Å². The van der Waals surface area contributed by atoms with Crippen molar-refractivity contribution in [2.45, 2.75) is 0 Å². The molecule has 3 rings (SSSR count). The van der Waals surface area contributed by atoms with Crippen molar-refractivity contribution in [2.24, 2.45) is 0 Å². The third-order valence-electron chi connectivity index (χ3n) is 3.43. The van der Waals surface area contributed by atoms with Gasteiger partial charge in [0.2, 0.25) is 5.56 Å². The van der Waals surface area contributed by atoms with Gasteiger partial charge >= 0.3 is 5.97 Å². The maximum atomic E-state index is 12.3. The number of aromatic amines is 1. The molecule has 0 aliphatic carbocycles. The number of hydrogen-bond acceptors (Lipinski definition) is 4. The van der Waals surface area contributed by atoms with Crippen LogP contribution in [0.25, 0.3) is 10.9 Å². The number of carbonyl (C=O) groups excluding carboxylic acids is 2. The fraction of sp³-hybridized carbons (Fsp3) is 0.0556. The Kier molecular flexibility index (Phi) is 4.95. The molecule has 6 nitrogen and oxygen atoms in total. The molecule has 3 aromatic rings. The molecule has 1 heterocycles. The van der Waals surface area contributed by atoms with Gasteiger partial charge in [-0.15, -0.1) is 0 Å². The maximum absolute atomic E-state index is 12.3. The van der Waals surface area contributed by atoms with Gasteiger partial charge in [0.1, 0.15) is 0 Å². The monoisotopic (exact) mass is 400 g/mol.